The third kappa shape index (κ3) is 2.09. The van der Waals surface area contributed by atoms with Gasteiger partial charge in [-0.2, -0.15) is 0 Å². The molecule has 1 aromatic rings. The van der Waals surface area contributed by atoms with E-state index in [0.29, 0.717) is 6.42 Å². The molecule has 3 nitrogen and oxygen atoms in total. The molecule has 1 aliphatic carbocycles. The number of carboxylic acid groups (broad SMARTS) is 1. The van der Waals surface area contributed by atoms with Gasteiger partial charge in [-0.15, -0.1) is 0 Å². The Morgan fingerprint density at radius 1 is 1.56 bits per heavy atom. The van der Waals surface area contributed by atoms with Crippen molar-refractivity contribution in [3.63, 3.8) is 0 Å². The molecule has 0 fully saturated rings. The highest BCUT2D eigenvalue weighted by Crippen LogP contribution is 2.31. The second-order valence-electron chi connectivity index (χ2n) is 4.26. The standard InChI is InChI=1S/C13H17NO2/c1-2-11(13(15)16)14-12-8-7-9-5-3-4-6-10(9)12/h3-6,11-12,14H,2,7-8H2,1H3,(H,15,16). The van der Waals surface area contributed by atoms with Gasteiger partial charge in [-0.25, -0.2) is 0 Å². The Morgan fingerprint density at radius 3 is 3.00 bits per heavy atom. The van der Waals surface area contributed by atoms with Gasteiger partial charge in [0.2, 0.25) is 0 Å². The Morgan fingerprint density at radius 2 is 2.31 bits per heavy atom. The lowest BCUT2D eigenvalue weighted by molar-refractivity contribution is -0.139. The number of aryl methyl sites for hydroxylation is 1. The molecular weight excluding hydrogens is 202 g/mol. The highest BCUT2D eigenvalue weighted by molar-refractivity contribution is 5.73. The van der Waals surface area contributed by atoms with E-state index in [1.54, 1.807) is 0 Å². The Balaban J connectivity index is 2.11. The van der Waals surface area contributed by atoms with Crippen molar-refractivity contribution >= 4 is 5.97 Å². The number of hydrogen-bond donors (Lipinski definition) is 2. The van der Waals surface area contributed by atoms with E-state index in [4.69, 9.17) is 5.11 Å². The van der Waals surface area contributed by atoms with Crippen LogP contribution in [0.15, 0.2) is 24.3 Å². The van der Waals surface area contributed by atoms with Crippen molar-refractivity contribution < 1.29 is 9.90 Å². The number of carboxylic acids is 1. The fraction of sp³-hybridized carbons (Fsp3) is 0.462. The number of aliphatic carboxylic acids is 1. The van der Waals surface area contributed by atoms with E-state index in [-0.39, 0.29) is 6.04 Å². The van der Waals surface area contributed by atoms with Gasteiger partial charge in [0, 0.05) is 6.04 Å². The molecule has 0 saturated heterocycles. The van der Waals surface area contributed by atoms with Gasteiger partial charge in [0.15, 0.2) is 0 Å². The predicted octanol–water partition coefficient (Wildman–Crippen LogP) is 2.13. The Bertz CT molecular complexity index is 389. The highest BCUT2D eigenvalue weighted by Gasteiger charge is 2.26. The van der Waals surface area contributed by atoms with Crippen LogP contribution < -0.4 is 5.32 Å². The summed E-state index contributed by atoms with van der Waals surface area (Å²) in [5, 5.41) is 12.2. The zero-order chi connectivity index (χ0) is 11.5. The van der Waals surface area contributed by atoms with Crippen LogP contribution in [0.25, 0.3) is 0 Å². The first-order chi connectivity index (χ1) is 7.72. The summed E-state index contributed by atoms with van der Waals surface area (Å²) in [5.41, 5.74) is 2.61. The third-order valence-corrected chi connectivity index (χ3v) is 3.24. The van der Waals surface area contributed by atoms with Crippen molar-refractivity contribution in [2.24, 2.45) is 0 Å². The van der Waals surface area contributed by atoms with Crippen LogP contribution in [-0.4, -0.2) is 17.1 Å². The molecule has 0 aromatic heterocycles. The summed E-state index contributed by atoms with van der Waals surface area (Å²) in [4.78, 5) is 11.0. The molecule has 0 aliphatic heterocycles. The number of rotatable bonds is 4. The molecule has 86 valence electrons. The molecule has 0 bridgehead atoms. The fourth-order valence-electron chi connectivity index (χ4n) is 2.34. The van der Waals surface area contributed by atoms with Crippen molar-refractivity contribution in [1.82, 2.24) is 5.32 Å². The molecule has 0 saturated carbocycles. The van der Waals surface area contributed by atoms with E-state index >= 15 is 0 Å². The van der Waals surface area contributed by atoms with Gasteiger partial charge >= 0.3 is 5.97 Å². The van der Waals surface area contributed by atoms with Crippen LogP contribution >= 0.6 is 0 Å². The highest BCUT2D eigenvalue weighted by atomic mass is 16.4. The number of benzene rings is 1. The lowest BCUT2D eigenvalue weighted by Gasteiger charge is -2.19. The maximum Gasteiger partial charge on any atom is 0.320 e. The van der Waals surface area contributed by atoms with E-state index in [1.165, 1.54) is 11.1 Å². The summed E-state index contributed by atoms with van der Waals surface area (Å²) in [6, 6.07) is 8.04. The topological polar surface area (TPSA) is 49.3 Å². The first kappa shape index (κ1) is 11.1. The second kappa shape index (κ2) is 4.66. The minimum Gasteiger partial charge on any atom is -0.480 e. The molecule has 2 rings (SSSR count). The van der Waals surface area contributed by atoms with E-state index in [9.17, 15) is 4.79 Å². The monoisotopic (exact) mass is 219 g/mol. The molecule has 3 heteroatoms. The summed E-state index contributed by atoms with van der Waals surface area (Å²) in [6.45, 7) is 1.90. The average Bonchev–Trinajstić information content (AvgIpc) is 2.69. The zero-order valence-corrected chi connectivity index (χ0v) is 9.44. The van der Waals surface area contributed by atoms with Crippen molar-refractivity contribution in [3.8, 4) is 0 Å². The van der Waals surface area contributed by atoms with Gasteiger partial charge < -0.3 is 5.11 Å². The maximum absolute atomic E-state index is 11.0. The zero-order valence-electron chi connectivity index (χ0n) is 9.44. The van der Waals surface area contributed by atoms with Crippen LogP contribution in [0.5, 0.6) is 0 Å². The van der Waals surface area contributed by atoms with Crippen LogP contribution in [0.4, 0.5) is 0 Å². The number of fused-ring (bicyclic) bond motifs is 1. The van der Waals surface area contributed by atoms with Crippen molar-refractivity contribution in [2.45, 2.75) is 38.3 Å². The summed E-state index contributed by atoms with van der Waals surface area (Å²) >= 11 is 0. The second-order valence-corrected chi connectivity index (χ2v) is 4.26. The number of carbonyl (C=O) groups is 1. The Labute approximate surface area is 95.5 Å². The SMILES string of the molecule is CCC(NC1CCc2ccccc21)C(=O)O. The van der Waals surface area contributed by atoms with Crippen molar-refractivity contribution in [3.05, 3.63) is 35.4 Å². The van der Waals surface area contributed by atoms with E-state index < -0.39 is 12.0 Å². The summed E-state index contributed by atoms with van der Waals surface area (Å²) in [5.74, 6) is -0.758. The minimum atomic E-state index is -0.758. The fourth-order valence-corrected chi connectivity index (χ4v) is 2.34. The molecule has 0 amide bonds. The largest absolute Gasteiger partial charge is 0.480 e. The van der Waals surface area contributed by atoms with E-state index in [2.05, 4.69) is 17.4 Å². The molecule has 2 N–H and O–H groups in total. The van der Waals surface area contributed by atoms with Gasteiger partial charge in [-0.05, 0) is 30.4 Å². The first-order valence-electron chi connectivity index (χ1n) is 5.79. The van der Waals surface area contributed by atoms with Gasteiger partial charge in [0.25, 0.3) is 0 Å². The molecular formula is C13H17NO2. The van der Waals surface area contributed by atoms with Crippen LogP contribution in [0.3, 0.4) is 0 Å². The molecule has 0 spiro atoms. The molecule has 16 heavy (non-hydrogen) atoms. The molecule has 1 aromatic carbocycles. The molecule has 1 aliphatic rings. The van der Waals surface area contributed by atoms with Gasteiger partial charge in [-0.3, -0.25) is 10.1 Å². The summed E-state index contributed by atoms with van der Waals surface area (Å²) < 4.78 is 0. The van der Waals surface area contributed by atoms with E-state index in [1.807, 2.05) is 19.1 Å². The van der Waals surface area contributed by atoms with Crippen LogP contribution in [0.1, 0.15) is 36.9 Å². The van der Waals surface area contributed by atoms with Crippen LogP contribution in [0.2, 0.25) is 0 Å². The van der Waals surface area contributed by atoms with Crippen molar-refractivity contribution in [1.29, 1.82) is 0 Å². The molecule has 0 radical (unpaired) electrons. The lowest BCUT2D eigenvalue weighted by Crippen LogP contribution is -2.37. The average molecular weight is 219 g/mol. The Hall–Kier alpha value is -1.35. The van der Waals surface area contributed by atoms with Gasteiger partial charge in [-0.1, -0.05) is 31.2 Å². The smallest absolute Gasteiger partial charge is 0.320 e. The quantitative estimate of drug-likeness (QED) is 0.815. The summed E-state index contributed by atoms with van der Waals surface area (Å²) in [6.07, 6.45) is 2.67. The van der Waals surface area contributed by atoms with Gasteiger partial charge in [0.1, 0.15) is 6.04 Å². The molecule has 2 unspecified atom stereocenters. The molecule has 2 atom stereocenters. The molecule has 0 heterocycles. The van der Waals surface area contributed by atoms with Crippen LogP contribution in [-0.2, 0) is 11.2 Å². The van der Waals surface area contributed by atoms with E-state index in [0.717, 1.165) is 12.8 Å². The minimum absolute atomic E-state index is 0.206. The lowest BCUT2D eigenvalue weighted by atomic mass is 10.1. The first-order valence-corrected chi connectivity index (χ1v) is 5.79. The normalized spacial score (nSPS) is 20.4. The predicted molar refractivity (Wildman–Crippen MR) is 62.4 cm³/mol. The van der Waals surface area contributed by atoms with Crippen molar-refractivity contribution in [2.75, 3.05) is 0 Å². The maximum atomic E-state index is 11.0. The third-order valence-electron chi connectivity index (χ3n) is 3.24. The van der Waals surface area contributed by atoms with Gasteiger partial charge in [0.05, 0.1) is 0 Å². The van der Waals surface area contributed by atoms with Crippen LogP contribution in [0, 0.1) is 0 Å². The summed E-state index contributed by atoms with van der Waals surface area (Å²) in [7, 11) is 0. The Kier molecular flexibility index (Phi) is 3.25. The number of nitrogens with one attached hydrogen (secondary N) is 1. The number of hydrogen-bond acceptors (Lipinski definition) is 2.